The summed E-state index contributed by atoms with van der Waals surface area (Å²) in [5.41, 5.74) is 2.47. The number of aryl methyl sites for hydroxylation is 1. The molecule has 0 bridgehead atoms. The number of rotatable bonds is 6. The van der Waals surface area contributed by atoms with Gasteiger partial charge in [0, 0.05) is 10.1 Å². The lowest BCUT2D eigenvalue weighted by molar-refractivity contribution is 0.519. The number of nitrogens with one attached hydrogen (secondary N) is 1. The summed E-state index contributed by atoms with van der Waals surface area (Å²) in [6.07, 6.45) is 2.97. The molecule has 1 atom stereocenters. The fourth-order valence-corrected chi connectivity index (χ4v) is 3.17. The van der Waals surface area contributed by atoms with Gasteiger partial charge in [0.1, 0.15) is 0 Å². The van der Waals surface area contributed by atoms with Gasteiger partial charge in [-0.15, -0.1) is 0 Å². The predicted octanol–water partition coefficient (Wildman–Crippen LogP) is 4.36. The van der Waals surface area contributed by atoms with Gasteiger partial charge in [0.15, 0.2) is 0 Å². The van der Waals surface area contributed by atoms with E-state index in [0.29, 0.717) is 0 Å². The highest BCUT2D eigenvalue weighted by Gasteiger charge is 2.20. The van der Waals surface area contributed by atoms with Crippen molar-refractivity contribution >= 4 is 38.5 Å². The van der Waals surface area contributed by atoms with Crippen molar-refractivity contribution in [2.24, 2.45) is 0 Å². The molecule has 1 aromatic carbocycles. The Morgan fingerprint density at radius 2 is 2.00 bits per heavy atom. The van der Waals surface area contributed by atoms with E-state index in [4.69, 9.17) is 0 Å². The van der Waals surface area contributed by atoms with Crippen molar-refractivity contribution in [1.82, 2.24) is 15.1 Å². The molecule has 0 spiro atoms. The molecule has 5 heteroatoms. The van der Waals surface area contributed by atoms with Crippen LogP contribution in [0.25, 0.3) is 0 Å². The summed E-state index contributed by atoms with van der Waals surface area (Å²) in [6, 6.07) is 8.83. The first-order valence-corrected chi connectivity index (χ1v) is 8.74. The van der Waals surface area contributed by atoms with Crippen LogP contribution in [0.1, 0.15) is 37.6 Å². The molecule has 1 unspecified atom stereocenters. The van der Waals surface area contributed by atoms with E-state index in [0.717, 1.165) is 24.0 Å². The third kappa shape index (κ3) is 3.62. The summed E-state index contributed by atoms with van der Waals surface area (Å²) in [5.74, 6) is 0. The van der Waals surface area contributed by atoms with Gasteiger partial charge in [0.25, 0.3) is 0 Å². The van der Waals surface area contributed by atoms with Gasteiger partial charge in [0.05, 0.1) is 22.4 Å². The first-order valence-electron chi connectivity index (χ1n) is 6.87. The average molecular weight is 448 g/mol. The van der Waals surface area contributed by atoms with Gasteiger partial charge in [-0.25, -0.2) is 0 Å². The van der Waals surface area contributed by atoms with E-state index in [1.54, 1.807) is 0 Å². The second-order valence-electron chi connectivity index (χ2n) is 4.64. The van der Waals surface area contributed by atoms with Crippen LogP contribution in [-0.4, -0.2) is 16.3 Å². The Bertz CT molecular complexity index is 551. The molecule has 0 aliphatic heterocycles. The van der Waals surface area contributed by atoms with E-state index < -0.39 is 0 Å². The van der Waals surface area contributed by atoms with E-state index in [9.17, 15) is 0 Å². The van der Waals surface area contributed by atoms with Crippen LogP contribution in [0.4, 0.5) is 0 Å². The SMILES string of the molecule is CCCn1ncc(Br)c1C(NCC)c1ccc(I)cc1. The van der Waals surface area contributed by atoms with Gasteiger partial charge in [-0.05, 0) is 69.2 Å². The minimum atomic E-state index is 0.167. The summed E-state index contributed by atoms with van der Waals surface area (Å²) in [7, 11) is 0. The third-order valence-electron chi connectivity index (χ3n) is 3.15. The molecule has 0 fully saturated rings. The summed E-state index contributed by atoms with van der Waals surface area (Å²) in [4.78, 5) is 0. The van der Waals surface area contributed by atoms with E-state index in [-0.39, 0.29) is 6.04 Å². The Hall–Kier alpha value is -0.400. The Morgan fingerprint density at radius 3 is 2.60 bits per heavy atom. The number of hydrogen-bond acceptors (Lipinski definition) is 2. The minimum absolute atomic E-state index is 0.167. The zero-order valence-corrected chi connectivity index (χ0v) is 15.5. The Balaban J connectivity index is 2.42. The van der Waals surface area contributed by atoms with Gasteiger partial charge < -0.3 is 5.32 Å². The van der Waals surface area contributed by atoms with Gasteiger partial charge in [0.2, 0.25) is 0 Å². The summed E-state index contributed by atoms with van der Waals surface area (Å²) in [6.45, 7) is 6.16. The molecular weight excluding hydrogens is 429 g/mol. The van der Waals surface area contributed by atoms with Crippen molar-refractivity contribution in [1.29, 1.82) is 0 Å². The predicted molar refractivity (Wildman–Crippen MR) is 94.9 cm³/mol. The molecule has 3 nitrogen and oxygen atoms in total. The van der Waals surface area contributed by atoms with Crippen LogP contribution in [0.2, 0.25) is 0 Å². The van der Waals surface area contributed by atoms with E-state index in [1.165, 1.54) is 14.8 Å². The van der Waals surface area contributed by atoms with Crippen LogP contribution in [0.15, 0.2) is 34.9 Å². The molecule has 0 saturated carbocycles. The normalized spacial score (nSPS) is 12.6. The molecule has 0 aliphatic rings. The van der Waals surface area contributed by atoms with Crippen LogP contribution < -0.4 is 5.32 Å². The first kappa shape index (κ1) is 16.0. The number of halogens is 2. The Labute approximate surface area is 142 Å². The number of hydrogen-bond donors (Lipinski definition) is 1. The number of nitrogens with zero attached hydrogens (tertiary/aromatic N) is 2. The summed E-state index contributed by atoms with van der Waals surface area (Å²) in [5, 5.41) is 8.05. The van der Waals surface area contributed by atoms with Crippen molar-refractivity contribution in [3.8, 4) is 0 Å². The molecule has 1 N–H and O–H groups in total. The van der Waals surface area contributed by atoms with Crippen LogP contribution in [-0.2, 0) is 6.54 Å². The number of benzene rings is 1. The lowest BCUT2D eigenvalue weighted by Gasteiger charge is -2.20. The lowest BCUT2D eigenvalue weighted by Crippen LogP contribution is -2.25. The topological polar surface area (TPSA) is 29.9 Å². The fourth-order valence-electron chi connectivity index (χ4n) is 2.28. The lowest BCUT2D eigenvalue weighted by atomic mass is 10.0. The second-order valence-corrected chi connectivity index (χ2v) is 6.74. The molecule has 0 aliphatic carbocycles. The molecule has 20 heavy (non-hydrogen) atoms. The van der Waals surface area contributed by atoms with Crippen molar-refractivity contribution in [3.63, 3.8) is 0 Å². The highest BCUT2D eigenvalue weighted by molar-refractivity contribution is 14.1. The molecule has 1 aromatic heterocycles. The van der Waals surface area contributed by atoms with Crippen LogP contribution in [0, 0.1) is 3.57 Å². The molecule has 0 amide bonds. The van der Waals surface area contributed by atoms with Crippen molar-refractivity contribution in [2.45, 2.75) is 32.9 Å². The zero-order chi connectivity index (χ0) is 14.5. The van der Waals surface area contributed by atoms with Gasteiger partial charge in [-0.2, -0.15) is 5.10 Å². The first-order chi connectivity index (χ1) is 9.67. The minimum Gasteiger partial charge on any atom is -0.305 e. The van der Waals surface area contributed by atoms with Crippen LogP contribution in [0.5, 0.6) is 0 Å². The maximum Gasteiger partial charge on any atom is 0.0759 e. The number of aromatic nitrogens is 2. The van der Waals surface area contributed by atoms with Crippen LogP contribution >= 0.6 is 38.5 Å². The standard InChI is InChI=1S/C15H19BrIN3/c1-3-9-20-15(13(16)10-19-20)14(18-4-2)11-5-7-12(17)8-6-11/h5-8,10,14,18H,3-4,9H2,1-2H3. The summed E-state index contributed by atoms with van der Waals surface area (Å²) < 4.78 is 4.41. The highest BCUT2D eigenvalue weighted by Crippen LogP contribution is 2.29. The molecule has 0 radical (unpaired) electrons. The van der Waals surface area contributed by atoms with Crippen molar-refractivity contribution < 1.29 is 0 Å². The Kier molecular flexibility index (Phi) is 6.04. The molecule has 1 heterocycles. The van der Waals surface area contributed by atoms with Gasteiger partial charge in [-0.3, -0.25) is 4.68 Å². The van der Waals surface area contributed by atoms with Crippen molar-refractivity contribution in [2.75, 3.05) is 6.54 Å². The van der Waals surface area contributed by atoms with E-state index in [2.05, 4.69) is 91.7 Å². The van der Waals surface area contributed by atoms with E-state index >= 15 is 0 Å². The molecule has 0 saturated heterocycles. The van der Waals surface area contributed by atoms with E-state index in [1.807, 2.05) is 6.20 Å². The van der Waals surface area contributed by atoms with Crippen LogP contribution in [0.3, 0.4) is 0 Å². The molecule has 2 aromatic rings. The van der Waals surface area contributed by atoms with Gasteiger partial charge >= 0.3 is 0 Å². The smallest absolute Gasteiger partial charge is 0.0759 e. The second kappa shape index (κ2) is 7.56. The maximum atomic E-state index is 4.48. The molecule has 2 rings (SSSR count). The van der Waals surface area contributed by atoms with Gasteiger partial charge in [-0.1, -0.05) is 26.0 Å². The largest absolute Gasteiger partial charge is 0.305 e. The quantitative estimate of drug-likeness (QED) is 0.666. The summed E-state index contributed by atoms with van der Waals surface area (Å²) >= 11 is 5.98. The average Bonchev–Trinajstić information content (AvgIpc) is 2.79. The molecular formula is C15H19BrIN3. The Morgan fingerprint density at radius 1 is 1.30 bits per heavy atom. The molecule has 108 valence electrons. The highest BCUT2D eigenvalue weighted by atomic mass is 127. The third-order valence-corrected chi connectivity index (χ3v) is 4.48. The fraction of sp³-hybridized carbons (Fsp3) is 0.400. The zero-order valence-electron chi connectivity index (χ0n) is 11.7. The monoisotopic (exact) mass is 447 g/mol. The maximum absolute atomic E-state index is 4.48. The van der Waals surface area contributed by atoms with Crippen molar-refractivity contribution in [3.05, 3.63) is 49.8 Å².